The minimum Gasteiger partial charge on any atom is -0.469 e. The first-order chi connectivity index (χ1) is 9.60. The number of aryl methyl sites for hydroxylation is 1. The normalized spacial score (nSPS) is 10.1. The molecule has 1 amide bonds. The average molecular weight is 273 g/mol. The third kappa shape index (κ3) is 3.23. The third-order valence-corrected chi connectivity index (χ3v) is 2.81. The number of amides is 1. The van der Waals surface area contributed by atoms with E-state index in [2.05, 4.69) is 15.0 Å². The Morgan fingerprint density at radius 3 is 2.55 bits per heavy atom. The van der Waals surface area contributed by atoms with Gasteiger partial charge in [0.05, 0.1) is 13.5 Å². The van der Waals surface area contributed by atoms with Gasteiger partial charge in [0.15, 0.2) is 5.82 Å². The van der Waals surface area contributed by atoms with Crippen molar-refractivity contribution in [2.24, 2.45) is 7.05 Å². The zero-order valence-corrected chi connectivity index (χ0v) is 11.3. The lowest BCUT2D eigenvalue weighted by atomic mass is 10.1. The summed E-state index contributed by atoms with van der Waals surface area (Å²) in [5.74, 6) is -0.239. The monoisotopic (exact) mass is 273 g/mol. The number of anilines is 1. The molecule has 20 heavy (non-hydrogen) atoms. The molecular formula is C14H15N3O3. The number of rotatable bonds is 4. The molecule has 6 nitrogen and oxygen atoms in total. The average Bonchev–Trinajstić information content (AvgIpc) is 2.87. The van der Waals surface area contributed by atoms with Crippen molar-refractivity contribution in [3.8, 4) is 0 Å². The molecule has 1 heterocycles. The predicted octanol–water partition coefficient (Wildman–Crippen LogP) is 1.39. The number of carbonyl (C=O) groups excluding carboxylic acids is 2. The molecule has 1 N–H and O–H groups in total. The number of benzene rings is 1. The summed E-state index contributed by atoms with van der Waals surface area (Å²) in [5, 5.41) is 2.74. The van der Waals surface area contributed by atoms with E-state index < -0.39 is 0 Å². The van der Waals surface area contributed by atoms with Crippen molar-refractivity contribution < 1.29 is 14.3 Å². The standard InChI is InChI=1S/C14H15N3O3/c1-17-8-7-15-13(17)14(19)16-11-5-3-10(4-6-11)9-12(18)20-2/h3-8H,9H2,1-2H3,(H,16,19). The number of esters is 1. The molecule has 1 aromatic heterocycles. The molecule has 6 heteroatoms. The van der Waals surface area contributed by atoms with Gasteiger partial charge in [-0.2, -0.15) is 0 Å². The van der Waals surface area contributed by atoms with Crippen LogP contribution in [0, 0.1) is 0 Å². The Morgan fingerprint density at radius 1 is 1.30 bits per heavy atom. The van der Waals surface area contributed by atoms with E-state index in [4.69, 9.17) is 0 Å². The Morgan fingerprint density at radius 2 is 2.00 bits per heavy atom. The fourth-order valence-corrected chi connectivity index (χ4v) is 1.72. The summed E-state index contributed by atoms with van der Waals surface area (Å²) in [6, 6.07) is 7.01. The first-order valence-corrected chi connectivity index (χ1v) is 6.04. The summed E-state index contributed by atoms with van der Waals surface area (Å²) in [6.07, 6.45) is 3.48. The Labute approximate surface area is 116 Å². The lowest BCUT2D eigenvalue weighted by Crippen LogP contribution is -2.16. The number of imidazole rings is 1. The molecule has 0 saturated carbocycles. The highest BCUT2D eigenvalue weighted by molar-refractivity contribution is 6.01. The van der Waals surface area contributed by atoms with Crippen molar-refractivity contribution in [1.82, 2.24) is 9.55 Å². The maximum absolute atomic E-state index is 11.9. The smallest absolute Gasteiger partial charge is 0.309 e. The van der Waals surface area contributed by atoms with Gasteiger partial charge in [-0.25, -0.2) is 4.98 Å². The molecule has 2 aromatic rings. The van der Waals surface area contributed by atoms with Gasteiger partial charge in [0.2, 0.25) is 0 Å². The molecule has 0 saturated heterocycles. The minimum absolute atomic E-state index is 0.212. The Balaban J connectivity index is 2.02. The molecular weight excluding hydrogens is 258 g/mol. The molecule has 0 bridgehead atoms. The summed E-state index contributed by atoms with van der Waals surface area (Å²) in [5.41, 5.74) is 1.47. The van der Waals surface area contributed by atoms with E-state index in [-0.39, 0.29) is 18.3 Å². The second-order valence-electron chi connectivity index (χ2n) is 4.27. The van der Waals surface area contributed by atoms with Gasteiger partial charge in [0, 0.05) is 25.1 Å². The van der Waals surface area contributed by atoms with Crippen molar-refractivity contribution in [3.05, 3.63) is 48.0 Å². The van der Waals surface area contributed by atoms with Crippen LogP contribution in [0.3, 0.4) is 0 Å². The Hall–Kier alpha value is -2.63. The van der Waals surface area contributed by atoms with Crippen LogP contribution in [0.2, 0.25) is 0 Å². The number of nitrogens with zero attached hydrogens (tertiary/aromatic N) is 2. The lowest BCUT2D eigenvalue weighted by Gasteiger charge is -2.06. The van der Waals surface area contributed by atoms with Crippen LogP contribution in [0.5, 0.6) is 0 Å². The molecule has 104 valence electrons. The van der Waals surface area contributed by atoms with Gasteiger partial charge in [0.25, 0.3) is 5.91 Å². The van der Waals surface area contributed by atoms with Gasteiger partial charge < -0.3 is 14.6 Å². The molecule has 0 spiro atoms. The largest absolute Gasteiger partial charge is 0.469 e. The SMILES string of the molecule is COC(=O)Cc1ccc(NC(=O)c2nccn2C)cc1. The zero-order chi connectivity index (χ0) is 14.5. The van der Waals surface area contributed by atoms with Crippen LogP contribution in [0.25, 0.3) is 0 Å². The Bertz CT molecular complexity index is 617. The van der Waals surface area contributed by atoms with Crippen LogP contribution in [0.4, 0.5) is 5.69 Å². The van der Waals surface area contributed by atoms with Gasteiger partial charge in [0.1, 0.15) is 0 Å². The van der Waals surface area contributed by atoms with E-state index in [1.54, 1.807) is 48.3 Å². The molecule has 0 aliphatic carbocycles. The summed E-state index contributed by atoms with van der Waals surface area (Å²) < 4.78 is 6.23. The minimum atomic E-state index is -0.296. The molecule has 0 fully saturated rings. The topological polar surface area (TPSA) is 73.2 Å². The van der Waals surface area contributed by atoms with Crippen molar-refractivity contribution in [2.45, 2.75) is 6.42 Å². The van der Waals surface area contributed by atoms with Crippen LogP contribution in [-0.2, 0) is 23.0 Å². The second-order valence-corrected chi connectivity index (χ2v) is 4.27. The first-order valence-electron chi connectivity index (χ1n) is 6.04. The maximum atomic E-state index is 11.9. The summed E-state index contributed by atoms with van der Waals surface area (Å²) in [6.45, 7) is 0. The highest BCUT2D eigenvalue weighted by Gasteiger charge is 2.11. The number of methoxy groups -OCH3 is 1. The number of nitrogens with one attached hydrogen (secondary N) is 1. The van der Waals surface area contributed by atoms with Crippen LogP contribution < -0.4 is 5.32 Å². The van der Waals surface area contributed by atoms with E-state index in [0.717, 1.165) is 5.56 Å². The fraction of sp³-hybridized carbons (Fsp3) is 0.214. The molecule has 1 aromatic carbocycles. The van der Waals surface area contributed by atoms with E-state index in [1.165, 1.54) is 7.11 Å². The molecule has 2 rings (SSSR count). The quantitative estimate of drug-likeness (QED) is 0.854. The third-order valence-electron chi connectivity index (χ3n) is 2.81. The Kier molecular flexibility index (Phi) is 4.14. The summed E-state index contributed by atoms with van der Waals surface area (Å²) in [4.78, 5) is 27.0. The van der Waals surface area contributed by atoms with Gasteiger partial charge in [-0.3, -0.25) is 9.59 Å². The maximum Gasteiger partial charge on any atom is 0.309 e. The van der Waals surface area contributed by atoms with Crippen molar-refractivity contribution in [2.75, 3.05) is 12.4 Å². The van der Waals surface area contributed by atoms with Gasteiger partial charge >= 0.3 is 5.97 Å². The van der Waals surface area contributed by atoms with Crippen molar-refractivity contribution >= 4 is 17.6 Å². The number of carbonyl (C=O) groups is 2. The highest BCUT2D eigenvalue weighted by atomic mass is 16.5. The van der Waals surface area contributed by atoms with Gasteiger partial charge in [-0.05, 0) is 17.7 Å². The van der Waals surface area contributed by atoms with Crippen LogP contribution in [0.15, 0.2) is 36.7 Å². The number of hydrogen-bond donors (Lipinski definition) is 1. The fourth-order valence-electron chi connectivity index (χ4n) is 1.72. The highest BCUT2D eigenvalue weighted by Crippen LogP contribution is 2.11. The van der Waals surface area contributed by atoms with Gasteiger partial charge in [-0.1, -0.05) is 12.1 Å². The number of aromatic nitrogens is 2. The van der Waals surface area contributed by atoms with E-state index >= 15 is 0 Å². The molecule has 0 unspecified atom stereocenters. The van der Waals surface area contributed by atoms with E-state index in [9.17, 15) is 9.59 Å². The first kappa shape index (κ1) is 13.8. The van der Waals surface area contributed by atoms with Crippen LogP contribution in [0.1, 0.15) is 16.2 Å². The number of ether oxygens (including phenoxy) is 1. The van der Waals surface area contributed by atoms with Crippen molar-refractivity contribution in [1.29, 1.82) is 0 Å². The number of hydrogen-bond acceptors (Lipinski definition) is 4. The van der Waals surface area contributed by atoms with Gasteiger partial charge in [-0.15, -0.1) is 0 Å². The van der Waals surface area contributed by atoms with Crippen LogP contribution >= 0.6 is 0 Å². The second kappa shape index (κ2) is 6.01. The van der Waals surface area contributed by atoms with E-state index in [1.807, 2.05) is 0 Å². The predicted molar refractivity (Wildman–Crippen MR) is 73.3 cm³/mol. The summed E-state index contributed by atoms with van der Waals surface area (Å²) >= 11 is 0. The molecule has 0 atom stereocenters. The lowest BCUT2D eigenvalue weighted by molar-refractivity contribution is -0.139. The van der Waals surface area contributed by atoms with Crippen LogP contribution in [-0.4, -0.2) is 28.5 Å². The zero-order valence-electron chi connectivity index (χ0n) is 11.3. The van der Waals surface area contributed by atoms with E-state index in [0.29, 0.717) is 11.5 Å². The summed E-state index contributed by atoms with van der Waals surface area (Å²) in [7, 11) is 3.10. The van der Waals surface area contributed by atoms with Crippen molar-refractivity contribution in [3.63, 3.8) is 0 Å². The molecule has 0 aliphatic rings. The molecule has 0 aliphatic heterocycles. The molecule has 0 radical (unpaired) electrons.